The number of nitrogens with zero attached hydrogens (tertiary/aromatic N) is 1. The molecule has 0 spiro atoms. The third-order valence-corrected chi connectivity index (χ3v) is 5.11. The molecule has 2 fully saturated rings. The van der Waals surface area contributed by atoms with Gasteiger partial charge in [0.05, 0.1) is 23.9 Å². The van der Waals surface area contributed by atoms with Crippen molar-refractivity contribution in [1.29, 1.82) is 0 Å². The van der Waals surface area contributed by atoms with Crippen LogP contribution in [0.1, 0.15) is 19.8 Å². The summed E-state index contributed by atoms with van der Waals surface area (Å²) >= 11 is 0. The first kappa shape index (κ1) is 18.9. The van der Waals surface area contributed by atoms with Crippen molar-refractivity contribution in [2.24, 2.45) is 23.7 Å². The number of allylic oxidation sites excluding steroid dienone is 1. The van der Waals surface area contributed by atoms with Crippen LogP contribution in [0, 0.1) is 23.7 Å². The summed E-state index contributed by atoms with van der Waals surface area (Å²) in [6.45, 7) is 0.666. The monoisotopic (exact) mass is 375 g/mol. The fourth-order valence-electron chi connectivity index (χ4n) is 3.84. The summed E-state index contributed by atoms with van der Waals surface area (Å²) in [4.78, 5) is 37.5. The molecule has 2 saturated heterocycles. The minimum absolute atomic E-state index is 0.0392. The van der Waals surface area contributed by atoms with Crippen LogP contribution >= 0.6 is 0 Å². The molecule has 0 saturated carbocycles. The summed E-state index contributed by atoms with van der Waals surface area (Å²) in [5.74, 6) is -6.17. The Morgan fingerprint density at radius 3 is 2.65 bits per heavy atom. The molecule has 1 aliphatic carbocycles. The maximum Gasteiger partial charge on any atom is 0.406 e. The van der Waals surface area contributed by atoms with Gasteiger partial charge in [0.25, 0.3) is 0 Å². The second kappa shape index (κ2) is 7.02. The zero-order valence-corrected chi connectivity index (χ0v) is 14.2. The van der Waals surface area contributed by atoms with Gasteiger partial charge < -0.3 is 9.47 Å². The van der Waals surface area contributed by atoms with Crippen molar-refractivity contribution >= 4 is 17.8 Å². The predicted octanol–water partition coefficient (Wildman–Crippen LogP) is 1.69. The van der Waals surface area contributed by atoms with Gasteiger partial charge in [0.2, 0.25) is 11.8 Å². The van der Waals surface area contributed by atoms with Crippen molar-refractivity contribution in [3.8, 4) is 0 Å². The van der Waals surface area contributed by atoms with Crippen LogP contribution < -0.4 is 0 Å². The van der Waals surface area contributed by atoms with Crippen molar-refractivity contribution in [1.82, 2.24) is 4.90 Å². The maximum absolute atomic E-state index is 12.7. The van der Waals surface area contributed by atoms with E-state index in [1.54, 1.807) is 13.0 Å². The molecule has 0 N–H and O–H groups in total. The number of ether oxygens (including phenoxy) is 2. The summed E-state index contributed by atoms with van der Waals surface area (Å²) in [6.07, 6.45) is -0.251. The average Bonchev–Trinajstić information content (AvgIpc) is 3.15. The molecule has 5 atom stereocenters. The molecule has 0 radical (unpaired) electrons. The highest BCUT2D eigenvalue weighted by Crippen LogP contribution is 2.42. The van der Waals surface area contributed by atoms with Crippen molar-refractivity contribution in [3.63, 3.8) is 0 Å². The lowest BCUT2D eigenvalue weighted by atomic mass is 9.72. The number of amides is 2. The number of hydrogen-bond acceptors (Lipinski definition) is 5. The van der Waals surface area contributed by atoms with Gasteiger partial charge >= 0.3 is 12.1 Å². The van der Waals surface area contributed by atoms with Crippen LogP contribution in [0.3, 0.4) is 0 Å². The maximum atomic E-state index is 12.7. The van der Waals surface area contributed by atoms with Gasteiger partial charge in [0.1, 0.15) is 13.2 Å². The van der Waals surface area contributed by atoms with Gasteiger partial charge in [-0.15, -0.1) is 0 Å². The largest absolute Gasteiger partial charge is 0.463 e. The number of likely N-dealkylation sites (tertiary alicyclic amines) is 1. The van der Waals surface area contributed by atoms with Crippen LogP contribution in [-0.2, 0) is 23.9 Å². The van der Waals surface area contributed by atoms with E-state index in [4.69, 9.17) is 9.47 Å². The molecule has 2 aliphatic heterocycles. The molecule has 0 aromatic heterocycles. The van der Waals surface area contributed by atoms with E-state index in [-0.39, 0.29) is 17.6 Å². The first-order valence-electron chi connectivity index (χ1n) is 8.57. The quantitative estimate of drug-likeness (QED) is 0.425. The van der Waals surface area contributed by atoms with Crippen molar-refractivity contribution in [2.75, 3.05) is 19.8 Å². The lowest BCUT2D eigenvalue weighted by molar-refractivity contribution is -0.168. The van der Waals surface area contributed by atoms with E-state index in [9.17, 15) is 27.6 Å². The highest BCUT2D eigenvalue weighted by molar-refractivity contribution is 6.07. The number of fused-ring (bicyclic) bond motifs is 1. The third kappa shape index (κ3) is 3.62. The number of imide groups is 1. The highest BCUT2D eigenvalue weighted by atomic mass is 19.4. The first-order chi connectivity index (χ1) is 12.2. The summed E-state index contributed by atoms with van der Waals surface area (Å²) in [5.41, 5.74) is 0. The lowest BCUT2D eigenvalue weighted by Crippen LogP contribution is -2.42. The second-order valence-electron chi connectivity index (χ2n) is 6.96. The number of alkyl halides is 3. The van der Waals surface area contributed by atoms with Gasteiger partial charge in [-0.05, 0) is 18.8 Å². The standard InChI is InChI=1S/C17H20F3NO5/c1-9-4-5-11-13(15(23)21(14(11)22)8-17(18,19)20)12(9)16(24)26-7-10-3-2-6-25-10/h4-5,9-13H,2-3,6-8H2,1H3/t9-,10-,11+,12+,13+/m1/s1. The van der Waals surface area contributed by atoms with E-state index in [0.717, 1.165) is 12.8 Å². The van der Waals surface area contributed by atoms with E-state index in [2.05, 4.69) is 0 Å². The Morgan fingerprint density at radius 1 is 1.31 bits per heavy atom. The van der Waals surface area contributed by atoms with Gasteiger partial charge in [0, 0.05) is 6.61 Å². The smallest absolute Gasteiger partial charge is 0.406 e. The molecule has 3 aliphatic rings. The van der Waals surface area contributed by atoms with Crippen LogP contribution in [0.2, 0.25) is 0 Å². The van der Waals surface area contributed by atoms with Crippen molar-refractivity contribution < 1.29 is 37.0 Å². The Morgan fingerprint density at radius 2 is 2.04 bits per heavy atom. The zero-order chi connectivity index (χ0) is 19.1. The molecule has 0 aromatic rings. The Hall–Kier alpha value is -1.90. The average molecular weight is 375 g/mol. The molecular weight excluding hydrogens is 355 g/mol. The van der Waals surface area contributed by atoms with Gasteiger partial charge in [-0.25, -0.2) is 0 Å². The minimum atomic E-state index is -4.69. The van der Waals surface area contributed by atoms with Crippen molar-refractivity contribution in [2.45, 2.75) is 32.0 Å². The summed E-state index contributed by atoms with van der Waals surface area (Å²) in [5, 5.41) is 0. The number of hydrogen-bond donors (Lipinski definition) is 0. The number of carbonyl (C=O) groups is 3. The fraction of sp³-hybridized carbons (Fsp3) is 0.706. The molecular formula is C17H20F3NO5. The normalized spacial score (nSPS) is 34.3. The van der Waals surface area contributed by atoms with E-state index in [1.165, 1.54) is 6.08 Å². The molecule has 0 unspecified atom stereocenters. The van der Waals surface area contributed by atoms with Gasteiger partial charge in [-0.3, -0.25) is 19.3 Å². The molecule has 144 valence electrons. The molecule has 26 heavy (non-hydrogen) atoms. The van der Waals surface area contributed by atoms with Crippen LogP contribution in [0.4, 0.5) is 13.2 Å². The van der Waals surface area contributed by atoms with E-state index < -0.39 is 54.2 Å². The van der Waals surface area contributed by atoms with E-state index in [0.29, 0.717) is 6.61 Å². The SMILES string of the molecule is C[C@@H]1C=C[C@@H]2C(=O)N(CC(F)(F)F)C(=O)[C@@H]2[C@H]1C(=O)OC[C@H]1CCCO1. The fourth-order valence-corrected chi connectivity index (χ4v) is 3.84. The number of rotatable bonds is 4. The Bertz CT molecular complexity index is 626. The lowest BCUT2D eigenvalue weighted by Gasteiger charge is -2.30. The van der Waals surface area contributed by atoms with Crippen LogP contribution in [0.5, 0.6) is 0 Å². The van der Waals surface area contributed by atoms with Gasteiger partial charge in [-0.2, -0.15) is 13.2 Å². The third-order valence-electron chi connectivity index (χ3n) is 5.11. The number of halogens is 3. The molecule has 3 rings (SSSR count). The summed E-state index contributed by atoms with van der Waals surface area (Å²) in [7, 11) is 0. The molecule has 0 aromatic carbocycles. The Kier molecular flexibility index (Phi) is 5.09. The van der Waals surface area contributed by atoms with Gasteiger partial charge in [0.15, 0.2) is 0 Å². The van der Waals surface area contributed by atoms with Crippen LogP contribution in [0.25, 0.3) is 0 Å². The topological polar surface area (TPSA) is 72.9 Å². The molecule has 9 heteroatoms. The molecule has 2 heterocycles. The zero-order valence-electron chi connectivity index (χ0n) is 14.2. The number of carbonyl (C=O) groups excluding carboxylic acids is 3. The Labute approximate surface area is 148 Å². The minimum Gasteiger partial charge on any atom is -0.463 e. The second-order valence-corrected chi connectivity index (χ2v) is 6.96. The molecule has 6 nitrogen and oxygen atoms in total. The number of esters is 1. The van der Waals surface area contributed by atoms with Crippen LogP contribution in [-0.4, -0.2) is 54.7 Å². The first-order valence-corrected chi connectivity index (χ1v) is 8.57. The predicted molar refractivity (Wildman–Crippen MR) is 81.5 cm³/mol. The van der Waals surface area contributed by atoms with Crippen LogP contribution in [0.15, 0.2) is 12.2 Å². The highest BCUT2D eigenvalue weighted by Gasteiger charge is 2.56. The molecule has 0 bridgehead atoms. The Balaban J connectivity index is 1.75. The molecule has 2 amide bonds. The van der Waals surface area contributed by atoms with E-state index in [1.807, 2.05) is 0 Å². The summed E-state index contributed by atoms with van der Waals surface area (Å²) in [6, 6.07) is 0. The van der Waals surface area contributed by atoms with Crippen molar-refractivity contribution in [3.05, 3.63) is 12.2 Å². The van der Waals surface area contributed by atoms with Gasteiger partial charge in [-0.1, -0.05) is 19.1 Å². The van der Waals surface area contributed by atoms with E-state index >= 15 is 0 Å². The summed E-state index contributed by atoms with van der Waals surface area (Å²) < 4.78 is 48.7.